The molecule has 0 spiro atoms. The largest absolute Gasteiger partial charge is 0.232 e. The Morgan fingerprint density at radius 1 is 1.20 bits per heavy atom. The predicted molar refractivity (Wildman–Crippen MR) is 39.3 cm³/mol. The first-order chi connectivity index (χ1) is 4.54. The van der Waals surface area contributed by atoms with Gasteiger partial charge in [-0.05, 0) is 6.42 Å². The predicted octanol–water partition coefficient (Wildman–Crippen LogP) is -0.887. The molecule has 0 saturated heterocycles. The van der Waals surface area contributed by atoms with Gasteiger partial charge in [0.05, 0.1) is 5.75 Å². The van der Waals surface area contributed by atoms with Crippen LogP contribution in [-0.2, 0) is 21.4 Å². The summed E-state index contributed by atoms with van der Waals surface area (Å²) < 4.78 is 40.0. The highest BCUT2D eigenvalue weighted by molar-refractivity contribution is 7.77. The topological polar surface area (TPSA) is 68.3 Å². The van der Waals surface area contributed by atoms with Crippen molar-refractivity contribution >= 4 is 21.4 Å². The molecule has 0 saturated carbocycles. The van der Waals surface area contributed by atoms with E-state index < -0.39 is 21.4 Å². The molecule has 0 aliphatic heterocycles. The highest BCUT2D eigenvalue weighted by Crippen LogP contribution is 1.96. The van der Waals surface area contributed by atoms with Gasteiger partial charge < -0.3 is 0 Å². The summed E-state index contributed by atoms with van der Waals surface area (Å²) in [6.45, 7) is 3.16. The van der Waals surface area contributed by atoms with Crippen LogP contribution in [0.4, 0.5) is 0 Å². The molecule has 0 N–H and O–H groups in total. The molecule has 60 valence electrons. The molecule has 0 rings (SSSR count). The lowest BCUT2D eigenvalue weighted by Crippen LogP contribution is -1.91. The van der Waals surface area contributed by atoms with Crippen LogP contribution in [0.25, 0.3) is 0 Å². The maximum Gasteiger partial charge on any atom is 0.163 e. The van der Waals surface area contributed by atoms with Crippen LogP contribution in [0.5, 0.6) is 0 Å². The average Bonchev–Trinajstić information content (AvgIpc) is 1.82. The van der Waals surface area contributed by atoms with Gasteiger partial charge in [0.15, 0.2) is 10.7 Å². The van der Waals surface area contributed by atoms with Gasteiger partial charge in [0, 0.05) is 4.91 Å². The number of hydrogen-bond acceptors (Lipinski definition) is 4. The van der Waals surface area contributed by atoms with Gasteiger partial charge in [-0.2, -0.15) is 0 Å². The summed E-state index contributed by atoms with van der Waals surface area (Å²) in [7, 11) is -5.14. The molecule has 0 bridgehead atoms. The SMILES string of the molecule is C=C(CC[SH](=O)=O)[SH](=O)=O. The minimum absolute atomic E-state index is 0.0113. The molecule has 0 aliphatic rings. The van der Waals surface area contributed by atoms with Gasteiger partial charge in [-0.1, -0.05) is 6.58 Å². The molecule has 0 aromatic heterocycles. The molecule has 0 aromatic carbocycles. The molecule has 4 nitrogen and oxygen atoms in total. The molecule has 0 amide bonds. The van der Waals surface area contributed by atoms with Crippen molar-refractivity contribution in [2.75, 3.05) is 5.75 Å². The zero-order valence-corrected chi connectivity index (χ0v) is 6.94. The molecule has 0 aliphatic carbocycles. The van der Waals surface area contributed by atoms with Crippen LogP contribution in [0.1, 0.15) is 6.42 Å². The van der Waals surface area contributed by atoms with Crippen molar-refractivity contribution in [3.8, 4) is 0 Å². The maximum atomic E-state index is 10.1. The van der Waals surface area contributed by atoms with E-state index in [1.165, 1.54) is 0 Å². The second-order valence-corrected chi connectivity index (χ2v) is 3.89. The van der Waals surface area contributed by atoms with Gasteiger partial charge in [0.25, 0.3) is 0 Å². The van der Waals surface area contributed by atoms with Gasteiger partial charge in [-0.15, -0.1) is 0 Å². The molecule has 0 atom stereocenters. The Labute approximate surface area is 62.5 Å². The quantitative estimate of drug-likeness (QED) is 0.556. The normalized spacial score (nSPS) is 10.6. The fourth-order valence-electron chi connectivity index (χ4n) is 0.312. The molecule has 0 fully saturated rings. The van der Waals surface area contributed by atoms with Crippen LogP contribution >= 0.6 is 0 Å². The molecule has 0 aromatic rings. The molecule has 0 unspecified atom stereocenters. The van der Waals surface area contributed by atoms with E-state index in [2.05, 4.69) is 6.58 Å². The highest BCUT2D eigenvalue weighted by atomic mass is 32.2. The number of rotatable bonds is 4. The third-order valence-electron chi connectivity index (χ3n) is 0.841. The number of hydrogen-bond donors (Lipinski definition) is 2. The summed E-state index contributed by atoms with van der Waals surface area (Å²) in [5, 5.41) is 0. The van der Waals surface area contributed by atoms with Gasteiger partial charge >= 0.3 is 0 Å². The smallest absolute Gasteiger partial charge is 0.163 e. The third-order valence-corrected chi connectivity index (χ3v) is 2.17. The van der Waals surface area contributed by atoms with Crippen molar-refractivity contribution in [3.05, 3.63) is 11.5 Å². The van der Waals surface area contributed by atoms with Crippen molar-refractivity contribution in [2.24, 2.45) is 0 Å². The molecular weight excluding hydrogens is 176 g/mol. The van der Waals surface area contributed by atoms with Crippen LogP contribution in [0.15, 0.2) is 11.5 Å². The summed E-state index contributed by atoms with van der Waals surface area (Å²) >= 11 is 0. The van der Waals surface area contributed by atoms with E-state index in [-0.39, 0.29) is 17.1 Å². The minimum atomic E-state index is -2.65. The first kappa shape index (κ1) is 9.64. The van der Waals surface area contributed by atoms with Gasteiger partial charge in [0.1, 0.15) is 10.7 Å². The standard InChI is InChI=1S/C4H8O4S2/c1-4(10(7)8)2-3-9(5)6/h9-10H,1-3H2. The zero-order chi connectivity index (χ0) is 8.15. The molecule has 0 heterocycles. The molecule has 0 radical (unpaired) electrons. The Kier molecular flexibility index (Phi) is 4.29. The van der Waals surface area contributed by atoms with E-state index in [0.717, 1.165) is 0 Å². The summed E-state index contributed by atoms with van der Waals surface area (Å²) in [4.78, 5) is -0.0331. The van der Waals surface area contributed by atoms with E-state index in [1.807, 2.05) is 0 Å². The van der Waals surface area contributed by atoms with Crippen LogP contribution < -0.4 is 0 Å². The van der Waals surface area contributed by atoms with Crippen LogP contribution in [-0.4, -0.2) is 22.6 Å². The third kappa shape index (κ3) is 4.51. The summed E-state index contributed by atoms with van der Waals surface area (Å²) in [5.74, 6) is -0.141. The van der Waals surface area contributed by atoms with E-state index in [0.29, 0.717) is 0 Å². The average molecular weight is 184 g/mol. The Morgan fingerprint density at radius 2 is 1.70 bits per heavy atom. The van der Waals surface area contributed by atoms with Gasteiger partial charge in [-0.25, -0.2) is 16.8 Å². The van der Waals surface area contributed by atoms with Crippen molar-refractivity contribution in [1.29, 1.82) is 0 Å². The molecular formula is C4H8O4S2. The van der Waals surface area contributed by atoms with Gasteiger partial charge in [0.2, 0.25) is 0 Å². The van der Waals surface area contributed by atoms with Crippen molar-refractivity contribution in [3.63, 3.8) is 0 Å². The van der Waals surface area contributed by atoms with E-state index >= 15 is 0 Å². The molecule has 6 heteroatoms. The first-order valence-electron chi connectivity index (χ1n) is 2.48. The van der Waals surface area contributed by atoms with E-state index in [1.54, 1.807) is 0 Å². The Bertz CT molecular complexity index is 244. The number of allylic oxidation sites excluding steroid dienone is 1. The van der Waals surface area contributed by atoms with Crippen LogP contribution in [0.3, 0.4) is 0 Å². The fraction of sp³-hybridized carbons (Fsp3) is 0.500. The van der Waals surface area contributed by atoms with Crippen molar-refractivity contribution in [1.82, 2.24) is 0 Å². The van der Waals surface area contributed by atoms with Gasteiger partial charge in [-0.3, -0.25) is 0 Å². The number of thiol groups is 2. The van der Waals surface area contributed by atoms with Crippen LogP contribution in [0.2, 0.25) is 0 Å². The Morgan fingerprint density at radius 3 is 2.00 bits per heavy atom. The lowest BCUT2D eigenvalue weighted by molar-refractivity contribution is 0.613. The van der Waals surface area contributed by atoms with E-state index in [4.69, 9.17) is 0 Å². The van der Waals surface area contributed by atoms with Crippen molar-refractivity contribution < 1.29 is 16.8 Å². The Balaban J connectivity index is 3.83. The fourth-order valence-corrected chi connectivity index (χ4v) is 1.23. The van der Waals surface area contributed by atoms with E-state index in [9.17, 15) is 16.8 Å². The second kappa shape index (κ2) is 4.45. The second-order valence-electron chi connectivity index (χ2n) is 1.63. The zero-order valence-electron chi connectivity index (χ0n) is 5.15. The Hall–Kier alpha value is -0.360. The first-order valence-corrected chi connectivity index (χ1v) is 5.02. The maximum absolute atomic E-state index is 10.1. The molecule has 10 heavy (non-hydrogen) atoms. The van der Waals surface area contributed by atoms with Crippen LogP contribution in [0, 0.1) is 0 Å². The summed E-state index contributed by atoms with van der Waals surface area (Å²) in [6, 6.07) is 0. The summed E-state index contributed by atoms with van der Waals surface area (Å²) in [5.41, 5.74) is 0. The minimum Gasteiger partial charge on any atom is -0.232 e. The summed E-state index contributed by atoms with van der Waals surface area (Å²) in [6.07, 6.45) is 0.0113. The lowest BCUT2D eigenvalue weighted by atomic mass is 10.5. The van der Waals surface area contributed by atoms with Crippen molar-refractivity contribution in [2.45, 2.75) is 6.42 Å². The monoisotopic (exact) mass is 184 g/mol. The lowest BCUT2D eigenvalue weighted by Gasteiger charge is -1.88. The highest BCUT2D eigenvalue weighted by Gasteiger charge is 1.95.